The minimum atomic E-state index is 0.375. The number of thiocarbonyl (C=S) groups is 1. The highest BCUT2D eigenvalue weighted by Gasteiger charge is 2.13. The van der Waals surface area contributed by atoms with Crippen molar-refractivity contribution in [3.63, 3.8) is 0 Å². The molecule has 0 bridgehead atoms. The molecule has 2 aromatic rings. The Labute approximate surface area is 150 Å². The summed E-state index contributed by atoms with van der Waals surface area (Å²) in [6, 6.07) is 21.3. The zero-order valence-corrected chi connectivity index (χ0v) is 14.9. The van der Waals surface area contributed by atoms with Gasteiger partial charge in [0.25, 0.3) is 0 Å². The highest BCUT2D eigenvalue weighted by atomic mass is 32.1. The summed E-state index contributed by atoms with van der Waals surface area (Å²) in [5, 5.41) is 7.28. The predicted octanol–water partition coefficient (Wildman–Crippen LogP) is 3.41. The quantitative estimate of drug-likeness (QED) is 0.483. The van der Waals surface area contributed by atoms with Crippen molar-refractivity contribution in [1.29, 1.82) is 0 Å². The lowest BCUT2D eigenvalue weighted by Gasteiger charge is -2.19. The lowest BCUT2D eigenvalue weighted by molar-refractivity contribution is 0.672. The third-order valence-electron chi connectivity index (χ3n) is 4.04. The summed E-state index contributed by atoms with van der Waals surface area (Å²) in [7, 11) is 0. The van der Waals surface area contributed by atoms with Crippen molar-refractivity contribution in [1.82, 2.24) is 10.6 Å². The molecule has 24 heavy (non-hydrogen) atoms. The van der Waals surface area contributed by atoms with Gasteiger partial charge >= 0.3 is 0 Å². The molecule has 0 amide bonds. The summed E-state index contributed by atoms with van der Waals surface area (Å²) >= 11 is 5.34. The van der Waals surface area contributed by atoms with Gasteiger partial charge in [-0.2, -0.15) is 0 Å². The third kappa shape index (κ3) is 6.30. The van der Waals surface area contributed by atoms with Gasteiger partial charge in [-0.1, -0.05) is 60.7 Å². The molecule has 0 spiro atoms. The van der Waals surface area contributed by atoms with E-state index in [9.17, 15) is 0 Å². The van der Waals surface area contributed by atoms with Gasteiger partial charge in [-0.3, -0.25) is 0 Å². The number of nitrogens with two attached hydrogens (primary N) is 1. The molecule has 0 atom stereocenters. The minimum absolute atomic E-state index is 0.375. The lowest BCUT2D eigenvalue weighted by Crippen LogP contribution is -2.36. The van der Waals surface area contributed by atoms with Gasteiger partial charge in [0.1, 0.15) is 0 Å². The van der Waals surface area contributed by atoms with E-state index in [1.54, 1.807) is 0 Å². The summed E-state index contributed by atoms with van der Waals surface area (Å²) in [4.78, 5) is 0. The highest BCUT2D eigenvalue weighted by molar-refractivity contribution is 7.80. The number of unbranched alkanes of at least 4 members (excludes halogenated alkanes) is 1. The first kappa shape index (κ1) is 18.4. The number of rotatable bonds is 9. The Kier molecular flexibility index (Phi) is 8.28. The van der Waals surface area contributed by atoms with Crippen molar-refractivity contribution in [2.75, 3.05) is 19.6 Å². The largest absolute Gasteiger partial charge is 0.363 e. The van der Waals surface area contributed by atoms with E-state index in [0.29, 0.717) is 5.92 Å². The molecule has 0 aliphatic carbocycles. The Bertz CT molecular complexity index is 547. The summed E-state index contributed by atoms with van der Waals surface area (Å²) in [6.07, 6.45) is 3.08. The van der Waals surface area contributed by atoms with E-state index in [4.69, 9.17) is 18.0 Å². The second-order valence-corrected chi connectivity index (χ2v) is 6.25. The lowest BCUT2D eigenvalue weighted by atomic mass is 9.88. The van der Waals surface area contributed by atoms with Gasteiger partial charge in [0.2, 0.25) is 0 Å². The van der Waals surface area contributed by atoms with Crippen LogP contribution in [0.5, 0.6) is 0 Å². The third-order valence-corrected chi connectivity index (χ3v) is 4.33. The van der Waals surface area contributed by atoms with Crippen LogP contribution in [0.4, 0.5) is 0 Å². The first-order valence-corrected chi connectivity index (χ1v) is 9.03. The van der Waals surface area contributed by atoms with Gasteiger partial charge in [0.15, 0.2) is 5.11 Å². The van der Waals surface area contributed by atoms with Gasteiger partial charge in [-0.05, 0) is 49.2 Å². The fraction of sp³-hybridized carbons (Fsp3) is 0.350. The van der Waals surface area contributed by atoms with Crippen LogP contribution in [0.3, 0.4) is 0 Å². The average molecular weight is 342 g/mol. The fourth-order valence-corrected chi connectivity index (χ4v) is 2.96. The summed E-state index contributed by atoms with van der Waals surface area (Å²) < 4.78 is 0. The average Bonchev–Trinajstić information content (AvgIpc) is 2.64. The number of hydrogen-bond acceptors (Lipinski definition) is 2. The smallest absolute Gasteiger partial charge is 0.166 e. The van der Waals surface area contributed by atoms with E-state index in [-0.39, 0.29) is 0 Å². The van der Waals surface area contributed by atoms with Crippen molar-refractivity contribution in [3.8, 4) is 0 Å². The predicted molar refractivity (Wildman–Crippen MR) is 106 cm³/mol. The maximum absolute atomic E-state index is 5.49. The molecule has 0 fully saturated rings. The molecule has 0 radical (unpaired) electrons. The van der Waals surface area contributed by atoms with Crippen molar-refractivity contribution >= 4 is 17.3 Å². The van der Waals surface area contributed by atoms with E-state index in [1.165, 1.54) is 11.1 Å². The molecule has 0 heterocycles. The molecule has 0 saturated heterocycles. The molecule has 0 aliphatic rings. The van der Waals surface area contributed by atoms with E-state index in [1.807, 2.05) is 0 Å². The van der Waals surface area contributed by atoms with Crippen molar-refractivity contribution < 1.29 is 0 Å². The second kappa shape index (κ2) is 10.8. The van der Waals surface area contributed by atoms with Crippen LogP contribution in [0.25, 0.3) is 0 Å². The maximum Gasteiger partial charge on any atom is 0.166 e. The fourth-order valence-electron chi connectivity index (χ4n) is 2.76. The SMILES string of the molecule is NCCCCNC(=S)NCCC(c1ccccc1)c1ccccc1. The molecule has 0 saturated carbocycles. The summed E-state index contributed by atoms with van der Waals surface area (Å²) in [5.74, 6) is 0.375. The molecule has 0 unspecified atom stereocenters. The molecule has 4 N–H and O–H groups in total. The normalized spacial score (nSPS) is 10.6. The van der Waals surface area contributed by atoms with Gasteiger partial charge in [-0.15, -0.1) is 0 Å². The summed E-state index contributed by atoms with van der Waals surface area (Å²) in [6.45, 7) is 2.46. The van der Waals surface area contributed by atoms with E-state index < -0.39 is 0 Å². The molecular formula is C20H27N3S. The standard InChI is InChI=1S/C20H27N3S/c21-14-7-8-15-22-20(24)23-16-13-19(17-9-3-1-4-10-17)18-11-5-2-6-12-18/h1-6,9-12,19H,7-8,13-16,21H2,(H2,22,23,24). The Balaban J connectivity index is 1.87. The Morgan fingerprint density at radius 1 is 0.833 bits per heavy atom. The van der Waals surface area contributed by atoms with Crippen LogP contribution in [0.2, 0.25) is 0 Å². The summed E-state index contributed by atoms with van der Waals surface area (Å²) in [5.41, 5.74) is 8.17. The highest BCUT2D eigenvalue weighted by Crippen LogP contribution is 2.27. The molecule has 0 aliphatic heterocycles. The monoisotopic (exact) mass is 341 g/mol. The van der Waals surface area contributed by atoms with E-state index >= 15 is 0 Å². The number of benzene rings is 2. The molecular weight excluding hydrogens is 314 g/mol. The zero-order valence-electron chi connectivity index (χ0n) is 14.1. The van der Waals surface area contributed by atoms with Crippen LogP contribution in [-0.4, -0.2) is 24.7 Å². The number of nitrogens with one attached hydrogen (secondary N) is 2. The van der Waals surface area contributed by atoms with Crippen LogP contribution in [0.15, 0.2) is 60.7 Å². The van der Waals surface area contributed by atoms with Crippen LogP contribution in [0, 0.1) is 0 Å². The van der Waals surface area contributed by atoms with Crippen molar-refractivity contribution in [2.45, 2.75) is 25.2 Å². The Morgan fingerprint density at radius 3 is 1.92 bits per heavy atom. The van der Waals surface area contributed by atoms with Crippen LogP contribution < -0.4 is 16.4 Å². The zero-order chi connectivity index (χ0) is 17.0. The first-order valence-electron chi connectivity index (χ1n) is 8.63. The van der Waals surface area contributed by atoms with Crippen molar-refractivity contribution in [2.24, 2.45) is 5.73 Å². The molecule has 3 nitrogen and oxygen atoms in total. The molecule has 2 aromatic carbocycles. The maximum atomic E-state index is 5.49. The van der Waals surface area contributed by atoms with E-state index in [2.05, 4.69) is 71.3 Å². The van der Waals surface area contributed by atoms with Crippen LogP contribution in [0.1, 0.15) is 36.3 Å². The van der Waals surface area contributed by atoms with Crippen LogP contribution in [-0.2, 0) is 0 Å². The molecule has 4 heteroatoms. The van der Waals surface area contributed by atoms with E-state index in [0.717, 1.165) is 44.0 Å². The van der Waals surface area contributed by atoms with Gasteiger partial charge in [0.05, 0.1) is 0 Å². The first-order chi connectivity index (χ1) is 11.8. The second-order valence-electron chi connectivity index (χ2n) is 5.84. The Morgan fingerprint density at radius 2 is 1.38 bits per heavy atom. The topological polar surface area (TPSA) is 50.1 Å². The van der Waals surface area contributed by atoms with Gasteiger partial charge in [-0.25, -0.2) is 0 Å². The number of hydrogen-bond donors (Lipinski definition) is 3. The van der Waals surface area contributed by atoms with Crippen LogP contribution >= 0.6 is 12.2 Å². The van der Waals surface area contributed by atoms with Gasteiger partial charge in [0, 0.05) is 19.0 Å². The molecule has 2 rings (SSSR count). The Hall–Kier alpha value is -1.91. The van der Waals surface area contributed by atoms with Gasteiger partial charge < -0.3 is 16.4 Å². The molecule has 0 aromatic heterocycles. The minimum Gasteiger partial charge on any atom is -0.363 e. The molecule has 128 valence electrons. The van der Waals surface area contributed by atoms with Crippen molar-refractivity contribution in [3.05, 3.63) is 71.8 Å².